The van der Waals surface area contributed by atoms with E-state index in [2.05, 4.69) is 25.9 Å². The molecule has 1 unspecified atom stereocenters. The molecule has 2 aliphatic heterocycles. The van der Waals surface area contributed by atoms with Crippen molar-refractivity contribution in [2.24, 2.45) is 5.73 Å². The Bertz CT molecular complexity index is 1310. The molecule has 11 heteroatoms. The number of piperazine rings is 1. The summed E-state index contributed by atoms with van der Waals surface area (Å²) in [6.45, 7) is 6.35. The lowest BCUT2D eigenvalue weighted by atomic mass is 10.00. The molecule has 2 aromatic carbocycles. The quantitative estimate of drug-likeness (QED) is 0.394. The number of sulfonamides is 1. The van der Waals surface area contributed by atoms with E-state index in [9.17, 15) is 8.42 Å². The molecule has 1 aromatic heterocycles. The first-order valence-electron chi connectivity index (χ1n) is 11.0. The molecule has 1 fully saturated rings. The average molecular weight is 498 g/mol. The van der Waals surface area contributed by atoms with E-state index in [1.54, 1.807) is 24.3 Å². The van der Waals surface area contributed by atoms with Gasteiger partial charge in [0.15, 0.2) is 10.8 Å². The zero-order valence-corrected chi connectivity index (χ0v) is 20.6. The van der Waals surface area contributed by atoms with Crippen molar-refractivity contribution in [3.05, 3.63) is 65.5 Å². The van der Waals surface area contributed by atoms with Crippen LogP contribution in [0.3, 0.4) is 0 Å². The summed E-state index contributed by atoms with van der Waals surface area (Å²) < 4.78 is 27.3. The molecular weight excluding hydrogens is 470 g/mol. The second kappa shape index (κ2) is 8.82. The highest BCUT2D eigenvalue weighted by Crippen LogP contribution is 2.50. The van der Waals surface area contributed by atoms with Crippen molar-refractivity contribution in [3.8, 4) is 0 Å². The average Bonchev–Trinajstić information content (AvgIpc) is 3.18. The first-order valence-corrected chi connectivity index (χ1v) is 13.3. The Morgan fingerprint density at radius 3 is 2.41 bits per heavy atom. The maximum atomic E-state index is 12.9. The van der Waals surface area contributed by atoms with E-state index >= 15 is 0 Å². The predicted molar refractivity (Wildman–Crippen MR) is 135 cm³/mol. The summed E-state index contributed by atoms with van der Waals surface area (Å²) in [5.41, 5.74) is 11.5. The highest BCUT2D eigenvalue weighted by Gasteiger charge is 2.40. The van der Waals surface area contributed by atoms with E-state index in [1.807, 2.05) is 32.0 Å². The Kier molecular flexibility index (Phi) is 5.98. The van der Waals surface area contributed by atoms with Gasteiger partial charge in [-0.25, -0.2) is 18.4 Å². The van der Waals surface area contributed by atoms with Gasteiger partial charge in [-0.2, -0.15) is 4.31 Å². The Hall–Kier alpha value is -2.70. The molecule has 9 nitrogen and oxygen atoms in total. The van der Waals surface area contributed by atoms with Crippen LogP contribution in [0.2, 0.25) is 0 Å². The first kappa shape index (κ1) is 23.1. The molecule has 0 amide bonds. The van der Waals surface area contributed by atoms with Crippen LogP contribution < -0.4 is 21.7 Å². The van der Waals surface area contributed by atoms with Crippen LogP contribution in [0.4, 0.5) is 17.2 Å². The lowest BCUT2D eigenvalue weighted by Crippen LogP contribution is -2.46. The third-order valence-electron chi connectivity index (χ3n) is 6.06. The van der Waals surface area contributed by atoms with Gasteiger partial charge < -0.3 is 16.0 Å². The maximum absolute atomic E-state index is 12.9. The Labute approximate surface area is 203 Å². The number of hydrogen-bond donors (Lipinski definition) is 4. The number of benzene rings is 2. The first-order chi connectivity index (χ1) is 16.3. The largest absolute Gasteiger partial charge is 0.350 e. The molecule has 5 rings (SSSR count). The summed E-state index contributed by atoms with van der Waals surface area (Å²) >= 11 is 1.45. The van der Waals surface area contributed by atoms with E-state index in [1.165, 1.54) is 22.4 Å². The maximum Gasteiger partial charge on any atom is 0.243 e. The van der Waals surface area contributed by atoms with Gasteiger partial charge in [0.05, 0.1) is 4.90 Å². The van der Waals surface area contributed by atoms with Gasteiger partial charge in [-0.1, -0.05) is 30.0 Å². The van der Waals surface area contributed by atoms with E-state index < -0.39 is 15.0 Å². The van der Waals surface area contributed by atoms with Crippen LogP contribution in [-0.4, -0.2) is 48.9 Å². The number of thioether (sulfide) groups is 1. The Morgan fingerprint density at radius 2 is 1.74 bits per heavy atom. The molecule has 1 saturated heterocycles. The highest BCUT2D eigenvalue weighted by atomic mass is 32.2. The van der Waals surface area contributed by atoms with Crippen molar-refractivity contribution in [3.63, 3.8) is 0 Å². The van der Waals surface area contributed by atoms with Crippen LogP contribution in [0.1, 0.15) is 16.7 Å². The van der Waals surface area contributed by atoms with Crippen molar-refractivity contribution >= 4 is 39.0 Å². The minimum absolute atomic E-state index is 0.276. The standard InChI is InChI=1S/C23H27N7O2S2/c1-15-4-3-5-16(2)19(15)23(24)29-20-21(26-14-27-22(20)33-23)28-17-6-8-18(9-7-17)34(31,32)30-12-10-25-11-13-30/h3-9,14,25,29H,10-13,24H2,1-2H3,(H,26,27,28). The minimum Gasteiger partial charge on any atom is -0.350 e. The van der Waals surface area contributed by atoms with Crippen molar-refractivity contribution < 1.29 is 8.42 Å². The lowest BCUT2D eigenvalue weighted by molar-refractivity contribution is 0.360. The zero-order valence-electron chi connectivity index (χ0n) is 19.0. The van der Waals surface area contributed by atoms with Crippen molar-refractivity contribution in [2.45, 2.75) is 28.8 Å². The second-order valence-corrected chi connectivity index (χ2v) is 11.6. The molecule has 3 heterocycles. The van der Waals surface area contributed by atoms with Crippen LogP contribution in [0.5, 0.6) is 0 Å². The summed E-state index contributed by atoms with van der Waals surface area (Å²) in [6, 6.07) is 12.8. The summed E-state index contributed by atoms with van der Waals surface area (Å²) in [5.74, 6) is 0.578. The van der Waals surface area contributed by atoms with Gasteiger partial charge in [0.1, 0.15) is 17.0 Å². The van der Waals surface area contributed by atoms with Crippen LogP contribution >= 0.6 is 11.8 Å². The Morgan fingerprint density at radius 1 is 1.06 bits per heavy atom. The summed E-state index contributed by atoms with van der Waals surface area (Å²) in [6.07, 6.45) is 1.50. The molecule has 34 heavy (non-hydrogen) atoms. The summed E-state index contributed by atoms with van der Waals surface area (Å²) in [7, 11) is -3.51. The predicted octanol–water partition coefficient (Wildman–Crippen LogP) is 2.72. The molecule has 5 N–H and O–H groups in total. The summed E-state index contributed by atoms with van der Waals surface area (Å²) in [5, 5.41) is 10.6. The number of anilines is 3. The number of aryl methyl sites for hydroxylation is 2. The highest BCUT2D eigenvalue weighted by molar-refractivity contribution is 8.00. The molecule has 2 aliphatic rings. The minimum atomic E-state index is -3.51. The fourth-order valence-corrected chi connectivity index (χ4v) is 7.09. The van der Waals surface area contributed by atoms with E-state index in [0.717, 1.165) is 27.4 Å². The van der Waals surface area contributed by atoms with Gasteiger partial charge in [-0.05, 0) is 49.2 Å². The van der Waals surface area contributed by atoms with Gasteiger partial charge >= 0.3 is 0 Å². The Balaban J connectivity index is 1.38. The van der Waals surface area contributed by atoms with Crippen molar-refractivity contribution in [1.29, 1.82) is 0 Å². The topological polar surface area (TPSA) is 125 Å². The number of hydrogen-bond acceptors (Lipinski definition) is 9. The molecule has 0 spiro atoms. The molecule has 0 saturated carbocycles. The SMILES string of the molecule is Cc1cccc(C)c1C1(N)Nc2c(Nc3ccc(S(=O)(=O)N4CCNCC4)cc3)ncnc2S1. The number of fused-ring (bicyclic) bond motifs is 1. The van der Waals surface area contributed by atoms with Gasteiger partial charge in [0, 0.05) is 37.4 Å². The molecule has 0 aliphatic carbocycles. The third-order valence-corrected chi connectivity index (χ3v) is 9.11. The number of aromatic nitrogens is 2. The number of rotatable bonds is 5. The van der Waals surface area contributed by atoms with Gasteiger partial charge in [-0.3, -0.25) is 5.73 Å². The number of nitrogens with two attached hydrogens (primary N) is 1. The van der Waals surface area contributed by atoms with E-state index in [4.69, 9.17) is 5.73 Å². The smallest absolute Gasteiger partial charge is 0.243 e. The molecular formula is C23H27N7O2S2. The zero-order chi connectivity index (χ0) is 23.9. The van der Waals surface area contributed by atoms with E-state index in [-0.39, 0.29) is 4.90 Å². The van der Waals surface area contributed by atoms with Crippen LogP contribution in [0.15, 0.2) is 58.7 Å². The molecule has 0 bridgehead atoms. The van der Waals surface area contributed by atoms with E-state index in [0.29, 0.717) is 37.7 Å². The molecule has 3 aromatic rings. The second-order valence-electron chi connectivity index (χ2n) is 8.44. The monoisotopic (exact) mass is 497 g/mol. The molecule has 1 atom stereocenters. The number of nitrogens with zero attached hydrogens (tertiary/aromatic N) is 3. The van der Waals surface area contributed by atoms with Crippen LogP contribution in [0.25, 0.3) is 0 Å². The lowest BCUT2D eigenvalue weighted by Gasteiger charge is -2.28. The van der Waals surface area contributed by atoms with Gasteiger partial charge in [-0.15, -0.1) is 0 Å². The molecule has 0 radical (unpaired) electrons. The van der Waals surface area contributed by atoms with Gasteiger partial charge in [0.2, 0.25) is 10.0 Å². The van der Waals surface area contributed by atoms with Crippen molar-refractivity contribution in [1.82, 2.24) is 19.6 Å². The fourth-order valence-electron chi connectivity index (χ4n) is 4.41. The van der Waals surface area contributed by atoms with Crippen LogP contribution in [0, 0.1) is 13.8 Å². The van der Waals surface area contributed by atoms with Crippen molar-refractivity contribution in [2.75, 3.05) is 36.8 Å². The third kappa shape index (κ3) is 4.14. The summed E-state index contributed by atoms with van der Waals surface area (Å²) in [4.78, 5) is 8.23. The molecule has 178 valence electrons. The fraction of sp³-hybridized carbons (Fsp3) is 0.304. The normalized spacial score (nSPS) is 20.6. The number of nitrogens with one attached hydrogen (secondary N) is 3. The van der Waals surface area contributed by atoms with Crippen LogP contribution in [-0.2, 0) is 15.0 Å². The van der Waals surface area contributed by atoms with Gasteiger partial charge in [0.25, 0.3) is 0 Å².